The van der Waals surface area contributed by atoms with Gasteiger partial charge in [0, 0.05) is 5.90 Å². The number of H-pyrrole nitrogens is 1. The zero-order chi connectivity index (χ0) is 16.2. The third-order valence-corrected chi connectivity index (χ3v) is 3.42. The molecular formula is C17H16N4O2. The third kappa shape index (κ3) is 2.91. The molecule has 6 heteroatoms. The van der Waals surface area contributed by atoms with Crippen molar-refractivity contribution in [3.8, 4) is 5.69 Å². The molecule has 0 aliphatic carbocycles. The van der Waals surface area contributed by atoms with E-state index in [9.17, 15) is 9.90 Å². The van der Waals surface area contributed by atoms with E-state index in [0.29, 0.717) is 17.9 Å². The SMILES string of the molecule is CC[n+]1[nH]n(-c2ccccc2)c(=O)c1C([O-])=Nc1ccccc1. The Labute approximate surface area is 132 Å². The molecular weight excluding hydrogens is 292 g/mol. The van der Waals surface area contributed by atoms with Crippen LogP contribution in [0.25, 0.3) is 5.69 Å². The Morgan fingerprint density at radius 2 is 1.74 bits per heavy atom. The Bertz CT molecular complexity index is 880. The number of aromatic nitrogens is 3. The lowest BCUT2D eigenvalue weighted by Gasteiger charge is -2.05. The lowest BCUT2D eigenvalue weighted by molar-refractivity contribution is -0.754. The average Bonchev–Trinajstić information content (AvgIpc) is 2.93. The number of benzene rings is 2. The van der Waals surface area contributed by atoms with Gasteiger partial charge in [-0.3, -0.25) is 4.99 Å². The zero-order valence-corrected chi connectivity index (χ0v) is 12.6. The molecule has 0 bridgehead atoms. The summed E-state index contributed by atoms with van der Waals surface area (Å²) in [4.78, 5) is 16.6. The molecule has 116 valence electrons. The van der Waals surface area contributed by atoms with E-state index in [4.69, 9.17) is 0 Å². The van der Waals surface area contributed by atoms with Gasteiger partial charge in [-0.2, -0.15) is 4.68 Å². The van der Waals surface area contributed by atoms with Crippen LogP contribution in [-0.2, 0) is 6.54 Å². The fourth-order valence-corrected chi connectivity index (χ4v) is 2.30. The first-order valence-electron chi connectivity index (χ1n) is 7.32. The van der Waals surface area contributed by atoms with Crippen molar-refractivity contribution in [2.75, 3.05) is 0 Å². The summed E-state index contributed by atoms with van der Waals surface area (Å²) in [6.07, 6.45) is 0. The predicted molar refractivity (Wildman–Crippen MR) is 84.9 cm³/mol. The maximum absolute atomic E-state index is 12.6. The molecule has 23 heavy (non-hydrogen) atoms. The fourth-order valence-electron chi connectivity index (χ4n) is 2.30. The Morgan fingerprint density at radius 1 is 1.13 bits per heavy atom. The van der Waals surface area contributed by atoms with E-state index in [1.807, 2.05) is 31.2 Å². The van der Waals surface area contributed by atoms with Crippen LogP contribution in [0.2, 0.25) is 0 Å². The van der Waals surface area contributed by atoms with Gasteiger partial charge in [-0.1, -0.05) is 46.3 Å². The molecule has 0 saturated heterocycles. The molecule has 6 nitrogen and oxygen atoms in total. The van der Waals surface area contributed by atoms with Gasteiger partial charge in [0.15, 0.2) is 5.69 Å². The lowest BCUT2D eigenvalue weighted by atomic mass is 10.3. The Hall–Kier alpha value is -3.15. The highest BCUT2D eigenvalue weighted by atomic mass is 16.3. The van der Waals surface area contributed by atoms with E-state index in [1.54, 1.807) is 36.4 Å². The van der Waals surface area contributed by atoms with Gasteiger partial charge in [0.05, 0.1) is 5.69 Å². The van der Waals surface area contributed by atoms with Gasteiger partial charge in [0.2, 0.25) is 5.69 Å². The summed E-state index contributed by atoms with van der Waals surface area (Å²) in [5, 5.41) is 15.4. The summed E-state index contributed by atoms with van der Waals surface area (Å²) >= 11 is 0. The van der Waals surface area contributed by atoms with Crippen LogP contribution in [0.3, 0.4) is 0 Å². The van der Waals surface area contributed by atoms with Crippen LogP contribution in [0.15, 0.2) is 70.5 Å². The fraction of sp³-hybridized carbons (Fsp3) is 0.118. The summed E-state index contributed by atoms with van der Waals surface area (Å²) in [7, 11) is 0. The van der Waals surface area contributed by atoms with Crippen molar-refractivity contribution >= 4 is 11.6 Å². The van der Waals surface area contributed by atoms with Crippen LogP contribution in [0, 0.1) is 0 Å². The van der Waals surface area contributed by atoms with Crippen LogP contribution in [-0.4, -0.2) is 15.8 Å². The summed E-state index contributed by atoms with van der Waals surface area (Å²) in [6, 6.07) is 18.0. The van der Waals surface area contributed by atoms with E-state index in [2.05, 4.69) is 10.2 Å². The molecule has 0 unspecified atom stereocenters. The largest absolute Gasteiger partial charge is 0.855 e. The molecule has 3 rings (SSSR count). The van der Waals surface area contributed by atoms with Crippen LogP contribution in [0.1, 0.15) is 12.6 Å². The number of para-hydroxylation sites is 2. The average molecular weight is 308 g/mol. The summed E-state index contributed by atoms with van der Waals surface area (Å²) in [5.74, 6) is -0.561. The Balaban J connectivity index is 2.11. The predicted octanol–water partition coefficient (Wildman–Crippen LogP) is 0.912. The maximum atomic E-state index is 12.6. The first-order valence-corrected chi connectivity index (χ1v) is 7.32. The second-order valence-electron chi connectivity index (χ2n) is 4.92. The smallest absolute Gasteiger partial charge is 0.406 e. The van der Waals surface area contributed by atoms with Crippen molar-refractivity contribution in [2.24, 2.45) is 4.99 Å². The van der Waals surface area contributed by atoms with Gasteiger partial charge in [-0.25, -0.2) is 4.79 Å². The summed E-state index contributed by atoms with van der Waals surface area (Å²) in [5.41, 5.74) is 0.786. The summed E-state index contributed by atoms with van der Waals surface area (Å²) < 4.78 is 2.85. The number of aliphatic imine (C=N–C) groups is 1. The van der Waals surface area contributed by atoms with Crippen molar-refractivity contribution < 1.29 is 9.79 Å². The summed E-state index contributed by atoms with van der Waals surface area (Å²) in [6.45, 7) is 2.31. The highest BCUT2D eigenvalue weighted by Gasteiger charge is 2.22. The number of nitrogens with zero attached hydrogens (tertiary/aromatic N) is 3. The minimum absolute atomic E-state index is 0.0141. The standard InChI is InChI=1S/C17H16N4O2/c1-2-20-15(16(22)18-13-9-5-3-6-10-13)17(23)21(19-20)14-11-7-4-8-12-14/h3-12H,2H2,1H3,(H-,18,19,22,23). The zero-order valence-electron chi connectivity index (χ0n) is 12.6. The first-order chi connectivity index (χ1) is 11.2. The number of aromatic amines is 1. The number of hydrogen-bond acceptors (Lipinski definition) is 3. The molecule has 1 N–H and O–H groups in total. The minimum Gasteiger partial charge on any atom is -0.855 e. The van der Waals surface area contributed by atoms with Crippen LogP contribution in [0.4, 0.5) is 5.69 Å². The third-order valence-electron chi connectivity index (χ3n) is 3.42. The quantitative estimate of drug-likeness (QED) is 0.442. The van der Waals surface area contributed by atoms with Crippen molar-refractivity contribution in [3.63, 3.8) is 0 Å². The van der Waals surface area contributed by atoms with E-state index in [1.165, 1.54) is 9.36 Å². The Morgan fingerprint density at radius 3 is 2.35 bits per heavy atom. The van der Waals surface area contributed by atoms with Gasteiger partial charge in [0.25, 0.3) is 0 Å². The van der Waals surface area contributed by atoms with Gasteiger partial charge in [-0.05, 0) is 31.2 Å². The van der Waals surface area contributed by atoms with Crippen LogP contribution in [0.5, 0.6) is 0 Å². The molecule has 0 aliphatic rings. The van der Waals surface area contributed by atoms with Crippen molar-refractivity contribution in [3.05, 3.63) is 76.7 Å². The molecule has 0 saturated carbocycles. The molecule has 0 fully saturated rings. The minimum atomic E-state index is -0.561. The first kappa shape index (κ1) is 14.8. The highest BCUT2D eigenvalue weighted by Crippen LogP contribution is 2.10. The number of aryl methyl sites for hydroxylation is 1. The molecule has 0 aliphatic heterocycles. The molecule has 1 heterocycles. The normalized spacial score (nSPS) is 11.6. The lowest BCUT2D eigenvalue weighted by Crippen LogP contribution is -2.45. The van der Waals surface area contributed by atoms with E-state index in [0.717, 1.165) is 0 Å². The number of rotatable bonds is 4. The molecule has 1 aromatic heterocycles. The van der Waals surface area contributed by atoms with Crippen LogP contribution < -0.4 is 15.3 Å². The Kier molecular flexibility index (Phi) is 4.05. The van der Waals surface area contributed by atoms with E-state index in [-0.39, 0.29) is 5.69 Å². The molecule has 0 atom stereocenters. The van der Waals surface area contributed by atoms with Crippen LogP contribution >= 0.6 is 0 Å². The van der Waals surface area contributed by atoms with E-state index >= 15 is 0 Å². The maximum Gasteiger partial charge on any atom is 0.406 e. The molecule has 0 spiro atoms. The van der Waals surface area contributed by atoms with Gasteiger partial charge in [0.1, 0.15) is 6.54 Å². The monoisotopic (exact) mass is 308 g/mol. The van der Waals surface area contributed by atoms with Crippen molar-refractivity contribution in [1.82, 2.24) is 9.90 Å². The molecule has 0 radical (unpaired) electrons. The number of nitrogens with one attached hydrogen (secondary N) is 1. The van der Waals surface area contributed by atoms with Gasteiger partial charge >= 0.3 is 5.56 Å². The highest BCUT2D eigenvalue weighted by molar-refractivity contribution is 5.88. The molecule has 0 amide bonds. The van der Waals surface area contributed by atoms with Crippen molar-refractivity contribution in [2.45, 2.75) is 13.5 Å². The van der Waals surface area contributed by atoms with E-state index < -0.39 is 11.5 Å². The second kappa shape index (κ2) is 6.31. The molecule has 2 aromatic carbocycles. The van der Waals surface area contributed by atoms with Gasteiger partial charge in [-0.15, -0.1) is 0 Å². The van der Waals surface area contributed by atoms with Crippen molar-refractivity contribution in [1.29, 1.82) is 0 Å². The molecule has 3 aromatic rings. The van der Waals surface area contributed by atoms with Gasteiger partial charge < -0.3 is 5.11 Å². The topological polar surface area (TPSA) is 77.1 Å². The number of hydrogen-bond donors (Lipinski definition) is 1. The second-order valence-corrected chi connectivity index (χ2v) is 4.92.